The third-order valence-electron chi connectivity index (χ3n) is 4.13. The minimum Gasteiger partial charge on any atom is -0.478 e. The number of nitrogen functional groups attached to an aromatic ring is 1. The van der Waals surface area contributed by atoms with Crippen LogP contribution in [0.5, 0.6) is 0 Å². The summed E-state index contributed by atoms with van der Waals surface area (Å²) in [6.45, 7) is 4.12. The molecule has 0 aliphatic carbocycles. The topological polar surface area (TPSA) is 94.0 Å². The van der Waals surface area contributed by atoms with Gasteiger partial charge in [0, 0.05) is 12.2 Å². The van der Waals surface area contributed by atoms with Crippen molar-refractivity contribution in [2.45, 2.75) is 31.2 Å². The first-order valence-electron chi connectivity index (χ1n) is 8.14. The number of hydrogen-bond acceptors (Lipinski definition) is 5. The van der Waals surface area contributed by atoms with Crippen LogP contribution in [0.25, 0.3) is 0 Å². The molecule has 0 aliphatic rings. The van der Waals surface area contributed by atoms with Crippen LogP contribution in [0.2, 0.25) is 0 Å². The molecule has 1 heterocycles. The van der Waals surface area contributed by atoms with Crippen molar-refractivity contribution in [3.05, 3.63) is 76.1 Å². The number of nitrogens with two attached hydrogens (primary N) is 1. The zero-order valence-corrected chi connectivity index (χ0v) is 15.5. The standard InChI is InChI=1S/C19H20N4O2S/c1-12-6-7-13(2)16(8-12)10-17-21-22-19(23(17)20)26-11-14-4-3-5-15(9-14)18(24)25/h3-9H,10-11,20H2,1-2H3,(H,24,25). The maximum absolute atomic E-state index is 11.1. The normalized spacial score (nSPS) is 10.8. The van der Waals surface area contributed by atoms with Crippen molar-refractivity contribution in [3.63, 3.8) is 0 Å². The molecule has 0 unspecified atom stereocenters. The number of aromatic carboxylic acids is 1. The summed E-state index contributed by atoms with van der Waals surface area (Å²) in [5.74, 6) is 6.49. The summed E-state index contributed by atoms with van der Waals surface area (Å²) in [6, 6.07) is 13.2. The molecule has 2 aromatic carbocycles. The van der Waals surface area contributed by atoms with E-state index in [2.05, 4.69) is 42.2 Å². The zero-order chi connectivity index (χ0) is 18.7. The van der Waals surface area contributed by atoms with E-state index < -0.39 is 5.97 Å². The third-order valence-corrected chi connectivity index (χ3v) is 5.14. The van der Waals surface area contributed by atoms with Gasteiger partial charge in [-0.1, -0.05) is 47.7 Å². The second-order valence-electron chi connectivity index (χ2n) is 6.17. The lowest BCUT2D eigenvalue weighted by Crippen LogP contribution is -2.14. The molecule has 0 aliphatic heterocycles. The molecule has 26 heavy (non-hydrogen) atoms. The highest BCUT2D eigenvalue weighted by atomic mass is 32.2. The van der Waals surface area contributed by atoms with Crippen LogP contribution in [0.3, 0.4) is 0 Å². The molecule has 3 rings (SSSR count). The molecule has 7 heteroatoms. The molecule has 1 aromatic heterocycles. The van der Waals surface area contributed by atoms with Gasteiger partial charge < -0.3 is 10.9 Å². The Bertz CT molecular complexity index is 952. The molecule has 3 aromatic rings. The quantitative estimate of drug-likeness (QED) is 0.513. The van der Waals surface area contributed by atoms with Crippen LogP contribution in [0.1, 0.15) is 38.4 Å². The van der Waals surface area contributed by atoms with Crippen LogP contribution in [0.4, 0.5) is 0 Å². The van der Waals surface area contributed by atoms with Crippen LogP contribution in [-0.2, 0) is 12.2 Å². The lowest BCUT2D eigenvalue weighted by atomic mass is 10.0. The summed E-state index contributed by atoms with van der Waals surface area (Å²) < 4.78 is 1.51. The van der Waals surface area contributed by atoms with Crippen molar-refractivity contribution in [1.82, 2.24) is 14.9 Å². The Morgan fingerprint density at radius 1 is 1.19 bits per heavy atom. The predicted molar refractivity (Wildman–Crippen MR) is 102 cm³/mol. The largest absolute Gasteiger partial charge is 0.478 e. The van der Waals surface area contributed by atoms with Crippen LogP contribution in [0.15, 0.2) is 47.6 Å². The average Bonchev–Trinajstić information content (AvgIpc) is 2.96. The van der Waals surface area contributed by atoms with Crippen LogP contribution >= 0.6 is 11.8 Å². The van der Waals surface area contributed by atoms with Gasteiger partial charge in [0.1, 0.15) is 0 Å². The molecule has 0 spiro atoms. The lowest BCUT2D eigenvalue weighted by Gasteiger charge is -2.07. The maximum atomic E-state index is 11.1. The van der Waals surface area contributed by atoms with Crippen molar-refractivity contribution in [2.75, 3.05) is 5.84 Å². The first-order chi connectivity index (χ1) is 12.4. The summed E-state index contributed by atoms with van der Waals surface area (Å²) in [7, 11) is 0. The fourth-order valence-electron chi connectivity index (χ4n) is 2.63. The Kier molecular flexibility index (Phi) is 5.27. The smallest absolute Gasteiger partial charge is 0.335 e. The summed E-state index contributed by atoms with van der Waals surface area (Å²) in [5, 5.41) is 18.1. The number of thioether (sulfide) groups is 1. The van der Waals surface area contributed by atoms with E-state index in [0.29, 0.717) is 23.2 Å². The third kappa shape index (κ3) is 4.05. The Hall–Kier alpha value is -2.80. The second-order valence-corrected chi connectivity index (χ2v) is 7.11. The van der Waals surface area contributed by atoms with E-state index in [0.717, 1.165) is 5.56 Å². The molecule has 134 valence electrons. The number of nitrogens with zero attached hydrogens (tertiary/aromatic N) is 3. The zero-order valence-electron chi connectivity index (χ0n) is 14.6. The number of benzene rings is 2. The SMILES string of the molecule is Cc1ccc(C)c(Cc2nnc(SCc3cccc(C(=O)O)c3)n2N)c1. The van der Waals surface area contributed by atoms with Crippen molar-refractivity contribution < 1.29 is 9.90 Å². The first-order valence-corrected chi connectivity index (χ1v) is 9.13. The number of aromatic nitrogens is 3. The molecular weight excluding hydrogens is 348 g/mol. The molecule has 0 amide bonds. The Labute approximate surface area is 156 Å². The minimum absolute atomic E-state index is 0.271. The van der Waals surface area contributed by atoms with Crippen LogP contribution < -0.4 is 5.84 Å². The Morgan fingerprint density at radius 3 is 2.77 bits per heavy atom. The average molecular weight is 368 g/mol. The molecule has 0 bridgehead atoms. The molecule has 0 saturated carbocycles. The fraction of sp³-hybridized carbons (Fsp3) is 0.211. The van der Waals surface area contributed by atoms with Gasteiger partial charge in [0.25, 0.3) is 0 Å². The van der Waals surface area contributed by atoms with E-state index >= 15 is 0 Å². The highest BCUT2D eigenvalue weighted by Gasteiger charge is 2.13. The van der Waals surface area contributed by atoms with Crippen molar-refractivity contribution in [2.24, 2.45) is 0 Å². The van der Waals surface area contributed by atoms with Gasteiger partial charge in [-0.3, -0.25) is 0 Å². The summed E-state index contributed by atoms with van der Waals surface area (Å²) >= 11 is 1.43. The summed E-state index contributed by atoms with van der Waals surface area (Å²) in [6.07, 6.45) is 0.617. The van der Waals surface area contributed by atoms with Gasteiger partial charge in [0.05, 0.1) is 5.56 Å². The molecule has 0 saturated heterocycles. The van der Waals surface area contributed by atoms with Gasteiger partial charge in [-0.25, -0.2) is 9.47 Å². The molecule has 0 fully saturated rings. The van der Waals surface area contributed by atoms with Gasteiger partial charge in [0.2, 0.25) is 5.16 Å². The molecular formula is C19H20N4O2S. The van der Waals surface area contributed by atoms with Crippen molar-refractivity contribution >= 4 is 17.7 Å². The van der Waals surface area contributed by atoms with Gasteiger partial charge in [-0.2, -0.15) is 0 Å². The first kappa shape index (κ1) is 18.0. The molecule has 0 atom stereocenters. The second kappa shape index (κ2) is 7.61. The van der Waals surface area contributed by atoms with E-state index in [1.807, 2.05) is 6.07 Å². The minimum atomic E-state index is -0.936. The van der Waals surface area contributed by atoms with E-state index in [1.165, 1.54) is 33.1 Å². The highest BCUT2D eigenvalue weighted by molar-refractivity contribution is 7.98. The number of rotatable bonds is 6. The summed E-state index contributed by atoms with van der Waals surface area (Å²) in [5.41, 5.74) is 4.73. The van der Waals surface area contributed by atoms with Gasteiger partial charge in [-0.15, -0.1) is 10.2 Å². The molecule has 3 N–H and O–H groups in total. The van der Waals surface area contributed by atoms with Gasteiger partial charge >= 0.3 is 5.97 Å². The Morgan fingerprint density at radius 2 is 2.00 bits per heavy atom. The number of aryl methyl sites for hydroxylation is 2. The molecule has 6 nitrogen and oxygen atoms in total. The van der Waals surface area contributed by atoms with E-state index in [-0.39, 0.29) is 5.56 Å². The predicted octanol–water partition coefficient (Wildman–Crippen LogP) is 3.19. The van der Waals surface area contributed by atoms with Crippen LogP contribution in [0, 0.1) is 13.8 Å². The van der Waals surface area contributed by atoms with E-state index in [4.69, 9.17) is 10.9 Å². The maximum Gasteiger partial charge on any atom is 0.335 e. The van der Waals surface area contributed by atoms with Gasteiger partial charge in [0.15, 0.2) is 5.82 Å². The van der Waals surface area contributed by atoms with Gasteiger partial charge in [-0.05, 0) is 42.7 Å². The van der Waals surface area contributed by atoms with E-state index in [1.54, 1.807) is 18.2 Å². The van der Waals surface area contributed by atoms with Crippen molar-refractivity contribution in [3.8, 4) is 0 Å². The summed E-state index contributed by atoms with van der Waals surface area (Å²) in [4.78, 5) is 11.1. The number of carboxylic acids is 1. The molecule has 0 radical (unpaired) electrons. The fourth-order valence-corrected chi connectivity index (χ4v) is 3.45. The number of carboxylic acid groups (broad SMARTS) is 1. The monoisotopic (exact) mass is 368 g/mol. The number of carbonyl (C=O) groups is 1. The van der Waals surface area contributed by atoms with E-state index in [9.17, 15) is 4.79 Å². The number of hydrogen-bond donors (Lipinski definition) is 2. The Balaban J connectivity index is 1.72. The van der Waals surface area contributed by atoms with Crippen molar-refractivity contribution in [1.29, 1.82) is 0 Å². The van der Waals surface area contributed by atoms with Crippen LogP contribution in [-0.4, -0.2) is 25.9 Å². The lowest BCUT2D eigenvalue weighted by molar-refractivity contribution is 0.0697. The highest BCUT2D eigenvalue weighted by Crippen LogP contribution is 2.22.